The largest absolute Gasteiger partial charge is 2.00 e. The fourth-order valence-electron chi connectivity index (χ4n) is 1.31. The molecule has 6 nitrogen and oxygen atoms in total. The fraction of sp³-hybridized carbons (Fsp3) is 0.231. The Morgan fingerprint density at radius 2 is 1.39 bits per heavy atom. The smallest absolute Gasteiger partial charge is 0.741 e. The van der Waals surface area contributed by atoms with Crippen molar-refractivity contribution in [1.29, 1.82) is 0 Å². The van der Waals surface area contributed by atoms with Crippen molar-refractivity contribution in [3.05, 3.63) is 33.4 Å². The second kappa shape index (κ2) is 11.7. The van der Waals surface area contributed by atoms with Crippen LogP contribution in [0, 0.1) is 3.57 Å². The van der Waals surface area contributed by atoms with Crippen LogP contribution >= 0.6 is 22.6 Å². The van der Waals surface area contributed by atoms with E-state index in [0.717, 1.165) is 9.13 Å². The number of amidine groups is 2. The third-order valence-corrected chi connectivity index (χ3v) is 3.71. The first-order valence-electron chi connectivity index (χ1n) is 6.21. The van der Waals surface area contributed by atoms with Crippen molar-refractivity contribution in [2.75, 3.05) is 14.1 Å². The van der Waals surface area contributed by atoms with Gasteiger partial charge in [-0.3, -0.25) is 0 Å². The average molecular weight is 510 g/mol. The molecule has 2 N–H and O–H groups in total. The van der Waals surface area contributed by atoms with Crippen LogP contribution in [0.4, 0.5) is 0 Å². The third kappa shape index (κ3) is 8.02. The van der Waals surface area contributed by atoms with Gasteiger partial charge in [0.2, 0.25) is 0 Å². The van der Waals surface area contributed by atoms with Crippen molar-refractivity contribution in [3.63, 3.8) is 0 Å². The van der Waals surface area contributed by atoms with Gasteiger partial charge in [-0.25, -0.2) is 0 Å². The van der Waals surface area contributed by atoms with Crippen molar-refractivity contribution in [2.45, 2.75) is 6.92 Å². The van der Waals surface area contributed by atoms with Gasteiger partial charge in [0.1, 0.15) is 5.71 Å². The Morgan fingerprint density at radius 1 is 0.913 bits per heavy atom. The molecule has 0 aromatic heterocycles. The summed E-state index contributed by atoms with van der Waals surface area (Å²) in [5.41, 5.74) is 2.04. The van der Waals surface area contributed by atoms with Crippen LogP contribution < -0.4 is 10.6 Å². The summed E-state index contributed by atoms with van der Waals surface area (Å²) in [7, 11) is 3.37. The van der Waals surface area contributed by atoms with Crippen molar-refractivity contribution in [2.24, 2.45) is 20.4 Å². The van der Waals surface area contributed by atoms with Crippen LogP contribution in [-0.2, 0) is 42.3 Å². The number of benzene rings is 1. The monoisotopic (exact) mass is 509 g/mol. The molecule has 0 saturated carbocycles. The van der Waals surface area contributed by atoms with Gasteiger partial charge in [-0.15, -0.1) is 5.10 Å². The first-order valence-corrected chi connectivity index (χ1v) is 8.11. The van der Waals surface area contributed by atoms with E-state index in [-0.39, 0.29) is 17.1 Å². The number of rotatable bonds is 4. The molecule has 0 fully saturated rings. The summed E-state index contributed by atoms with van der Waals surface area (Å²) in [5.74, 6) is 0. The molecule has 1 aromatic rings. The van der Waals surface area contributed by atoms with Gasteiger partial charge >= 0.3 is 17.1 Å². The minimum Gasteiger partial charge on any atom is -0.741 e. The van der Waals surface area contributed by atoms with Gasteiger partial charge < -0.3 is 35.9 Å². The topological polar surface area (TPSA) is 73.5 Å². The van der Waals surface area contributed by atoms with Crippen molar-refractivity contribution < 1.29 is 17.1 Å². The van der Waals surface area contributed by atoms with Crippen LogP contribution in [0.25, 0.3) is 0 Å². The van der Waals surface area contributed by atoms with E-state index in [1.807, 2.05) is 24.3 Å². The Labute approximate surface area is 171 Å². The van der Waals surface area contributed by atoms with Crippen LogP contribution in [0.3, 0.4) is 0 Å². The maximum atomic E-state index is 4.98. The average Bonchev–Trinajstić information content (AvgIpc) is 2.53. The van der Waals surface area contributed by atoms with Gasteiger partial charge in [-0.2, -0.15) is 15.3 Å². The summed E-state index contributed by atoms with van der Waals surface area (Å²) >= 11 is 12.2. The van der Waals surface area contributed by atoms with E-state index in [2.05, 4.69) is 53.6 Å². The van der Waals surface area contributed by atoms with E-state index < -0.39 is 0 Å². The molecular weight excluding hydrogens is 495 g/mol. The molecule has 10 heteroatoms. The molecule has 0 atom stereocenters. The molecule has 0 bridgehead atoms. The minimum atomic E-state index is 0. The first-order chi connectivity index (χ1) is 10.5. The summed E-state index contributed by atoms with van der Waals surface area (Å²) < 4.78 is 1.12. The Morgan fingerprint density at radius 3 is 1.87 bits per heavy atom. The van der Waals surface area contributed by atoms with E-state index in [0.29, 0.717) is 21.8 Å². The molecule has 0 unspecified atom stereocenters. The minimum absolute atomic E-state index is 0. The molecular formula is C13H15CuIN6S2. The molecule has 23 heavy (non-hydrogen) atoms. The fourth-order valence-corrected chi connectivity index (χ4v) is 1.75. The van der Waals surface area contributed by atoms with Gasteiger partial charge in [-0.05, 0) is 52.0 Å². The molecule has 0 spiro atoms. The van der Waals surface area contributed by atoms with Crippen LogP contribution in [0.5, 0.6) is 0 Å². The van der Waals surface area contributed by atoms with E-state index in [1.165, 1.54) is 0 Å². The molecule has 1 rings (SSSR count). The van der Waals surface area contributed by atoms with Crippen LogP contribution in [0.15, 0.2) is 44.7 Å². The molecule has 0 heterocycles. The Balaban J connectivity index is 0.00000484. The van der Waals surface area contributed by atoms with E-state index in [9.17, 15) is 0 Å². The van der Waals surface area contributed by atoms with Gasteiger partial charge in [0, 0.05) is 23.2 Å². The van der Waals surface area contributed by atoms with Gasteiger partial charge in [0.05, 0.1) is 5.71 Å². The standard InChI is InChI=1S/C13H17IN6S2.Cu/c1-8(17-19-12(21)15-2)11(18-20-13(22)16-3)9-4-6-10(14)7-5-9;/h4-7H,1-3H3,(H2,15,19,21)(H2,16,20,22);/q;+2/p-2. The third-order valence-electron chi connectivity index (χ3n) is 2.42. The van der Waals surface area contributed by atoms with Gasteiger partial charge in [-0.1, -0.05) is 12.1 Å². The maximum absolute atomic E-state index is 4.98. The zero-order valence-corrected chi connectivity index (χ0v) is 17.3. The first kappa shape index (κ1) is 22.2. The van der Waals surface area contributed by atoms with Crippen LogP contribution in [-0.4, -0.2) is 35.9 Å². The zero-order valence-electron chi connectivity index (χ0n) is 12.6. The molecule has 1 radical (unpaired) electrons. The summed E-state index contributed by atoms with van der Waals surface area (Å²) in [6.07, 6.45) is 0. The van der Waals surface area contributed by atoms with Crippen molar-refractivity contribution in [3.8, 4) is 0 Å². The Hall–Kier alpha value is -0.811. The Bertz CT molecular complexity index is 628. The number of nitrogens with one attached hydrogen (secondary N) is 2. The SMILES string of the molecule is CNC([S-])=NN=C(C)C(=NN=C([S-])NC)c1ccc(I)cc1.[Cu+2]. The molecule has 0 amide bonds. The second-order valence-corrected chi connectivity index (χ2v) is 5.97. The molecule has 0 saturated heterocycles. The summed E-state index contributed by atoms with van der Waals surface area (Å²) in [6, 6.07) is 7.83. The van der Waals surface area contributed by atoms with E-state index >= 15 is 0 Å². The molecule has 0 aliphatic rings. The molecule has 0 aliphatic heterocycles. The van der Waals surface area contributed by atoms with E-state index in [1.54, 1.807) is 21.0 Å². The van der Waals surface area contributed by atoms with Crippen molar-refractivity contribution in [1.82, 2.24) is 10.6 Å². The second-order valence-electron chi connectivity index (χ2n) is 3.95. The van der Waals surface area contributed by atoms with Crippen LogP contribution in [0.1, 0.15) is 12.5 Å². The predicted molar refractivity (Wildman–Crippen MR) is 107 cm³/mol. The number of hydrogen-bond donors (Lipinski definition) is 2. The summed E-state index contributed by atoms with van der Waals surface area (Å²) in [6.45, 7) is 1.79. The summed E-state index contributed by atoms with van der Waals surface area (Å²) in [5, 5.41) is 22.1. The Kier molecular flexibility index (Phi) is 11.3. The number of hydrogen-bond acceptors (Lipinski definition) is 6. The van der Waals surface area contributed by atoms with E-state index in [4.69, 9.17) is 25.3 Å². The van der Waals surface area contributed by atoms with Gasteiger partial charge in [0.25, 0.3) is 0 Å². The van der Waals surface area contributed by atoms with Gasteiger partial charge in [0.15, 0.2) is 0 Å². The van der Waals surface area contributed by atoms with Crippen molar-refractivity contribution >= 4 is 69.6 Å². The van der Waals surface area contributed by atoms with Crippen LogP contribution in [0.2, 0.25) is 0 Å². The maximum Gasteiger partial charge on any atom is 2.00 e. The molecule has 0 aliphatic carbocycles. The quantitative estimate of drug-likeness (QED) is 0.162. The zero-order chi connectivity index (χ0) is 16.5. The molecule has 127 valence electrons. The molecule has 1 aromatic carbocycles. The summed E-state index contributed by atoms with van der Waals surface area (Å²) in [4.78, 5) is 0. The number of halogens is 1. The number of nitrogens with zero attached hydrogens (tertiary/aromatic N) is 4. The normalized spacial score (nSPS) is 13.4. The predicted octanol–water partition coefficient (Wildman–Crippen LogP) is 1.61.